The molecule has 0 aliphatic carbocycles. The third-order valence-electron chi connectivity index (χ3n) is 2.65. The third-order valence-corrected chi connectivity index (χ3v) is 2.65. The molecule has 2 rings (SSSR count). The van der Waals surface area contributed by atoms with E-state index >= 15 is 0 Å². The zero-order chi connectivity index (χ0) is 12.8. The summed E-state index contributed by atoms with van der Waals surface area (Å²) in [4.78, 5) is 19.4. The average molecular weight is 242 g/mol. The molecule has 92 valence electrons. The first-order chi connectivity index (χ1) is 8.79. The number of carbonyl (C=O) groups excluding carboxylic acids is 1. The maximum Gasteiger partial charge on any atom is 0.191 e. The third kappa shape index (κ3) is 3.21. The van der Waals surface area contributed by atoms with E-state index in [9.17, 15) is 4.79 Å². The molecule has 0 fully saturated rings. The molecule has 18 heavy (non-hydrogen) atoms. The highest BCUT2D eigenvalue weighted by Gasteiger charge is 2.05. The van der Waals surface area contributed by atoms with Crippen molar-refractivity contribution in [2.75, 3.05) is 6.61 Å². The minimum Gasteiger partial charge on any atom is -0.388 e. The van der Waals surface area contributed by atoms with Crippen molar-refractivity contribution in [3.05, 3.63) is 59.7 Å². The standard InChI is InChI=1S/C14H14N2O2/c17-10-13(18)12-8-15-14(16-9-12)7-6-11-4-2-1-3-5-11/h1-5,8-9,17H,6-7,10H2. The summed E-state index contributed by atoms with van der Waals surface area (Å²) < 4.78 is 0. The summed E-state index contributed by atoms with van der Waals surface area (Å²) in [6, 6.07) is 10.1. The van der Waals surface area contributed by atoms with E-state index in [-0.39, 0.29) is 5.78 Å². The van der Waals surface area contributed by atoms with Crippen molar-refractivity contribution in [3.8, 4) is 0 Å². The molecular formula is C14H14N2O2. The number of aryl methyl sites for hydroxylation is 2. The summed E-state index contributed by atoms with van der Waals surface area (Å²) in [6.45, 7) is -0.507. The lowest BCUT2D eigenvalue weighted by Crippen LogP contribution is -2.07. The van der Waals surface area contributed by atoms with Gasteiger partial charge in [0.1, 0.15) is 12.4 Å². The van der Waals surface area contributed by atoms with Gasteiger partial charge in [-0.3, -0.25) is 4.79 Å². The van der Waals surface area contributed by atoms with Crippen LogP contribution in [-0.4, -0.2) is 27.5 Å². The highest BCUT2D eigenvalue weighted by molar-refractivity contribution is 5.96. The molecule has 0 spiro atoms. The molecule has 2 aromatic rings. The Morgan fingerprint density at radius 2 is 1.72 bits per heavy atom. The van der Waals surface area contributed by atoms with Crippen LogP contribution in [0.3, 0.4) is 0 Å². The van der Waals surface area contributed by atoms with Crippen LogP contribution in [-0.2, 0) is 12.8 Å². The zero-order valence-electron chi connectivity index (χ0n) is 9.91. The number of carbonyl (C=O) groups is 1. The first-order valence-electron chi connectivity index (χ1n) is 5.78. The topological polar surface area (TPSA) is 63.1 Å². The minimum absolute atomic E-state index is 0.348. The number of hydrogen-bond acceptors (Lipinski definition) is 4. The van der Waals surface area contributed by atoms with Crippen LogP contribution >= 0.6 is 0 Å². The lowest BCUT2D eigenvalue weighted by Gasteiger charge is -2.01. The predicted molar refractivity (Wildman–Crippen MR) is 67.3 cm³/mol. The normalized spacial score (nSPS) is 10.3. The average Bonchev–Trinajstić information content (AvgIpc) is 2.46. The number of Topliss-reactive ketones (excluding diaryl/α,β-unsaturated/α-hetero) is 1. The van der Waals surface area contributed by atoms with E-state index in [1.165, 1.54) is 18.0 Å². The SMILES string of the molecule is O=C(CO)c1cnc(CCc2ccccc2)nc1. The largest absolute Gasteiger partial charge is 0.388 e. The van der Waals surface area contributed by atoms with Gasteiger partial charge in [-0.1, -0.05) is 30.3 Å². The van der Waals surface area contributed by atoms with Gasteiger partial charge in [-0.05, 0) is 12.0 Å². The Morgan fingerprint density at radius 3 is 2.33 bits per heavy atom. The summed E-state index contributed by atoms with van der Waals surface area (Å²) in [5.41, 5.74) is 1.58. The van der Waals surface area contributed by atoms with Crippen LogP contribution in [0.5, 0.6) is 0 Å². The summed E-state index contributed by atoms with van der Waals surface area (Å²) in [7, 11) is 0. The Morgan fingerprint density at radius 1 is 1.06 bits per heavy atom. The molecule has 1 aromatic carbocycles. The number of aliphatic hydroxyl groups is 1. The zero-order valence-corrected chi connectivity index (χ0v) is 9.91. The van der Waals surface area contributed by atoms with Gasteiger partial charge in [-0.25, -0.2) is 9.97 Å². The highest BCUT2D eigenvalue weighted by Crippen LogP contribution is 2.04. The number of rotatable bonds is 5. The van der Waals surface area contributed by atoms with E-state index in [2.05, 4.69) is 22.1 Å². The van der Waals surface area contributed by atoms with Crippen LogP contribution in [0.4, 0.5) is 0 Å². The smallest absolute Gasteiger partial charge is 0.191 e. The number of aromatic nitrogens is 2. The molecule has 0 amide bonds. The summed E-state index contributed by atoms with van der Waals surface area (Å²) in [5, 5.41) is 8.70. The molecule has 0 aliphatic rings. The van der Waals surface area contributed by atoms with Crippen LogP contribution in [0.25, 0.3) is 0 Å². The van der Waals surface area contributed by atoms with E-state index in [0.717, 1.165) is 12.8 Å². The number of nitrogens with zero attached hydrogens (tertiary/aromatic N) is 2. The van der Waals surface area contributed by atoms with Crippen molar-refractivity contribution in [1.29, 1.82) is 0 Å². The second kappa shape index (κ2) is 6.02. The van der Waals surface area contributed by atoms with E-state index in [1.807, 2.05) is 18.2 Å². The molecule has 0 saturated heterocycles. The monoisotopic (exact) mass is 242 g/mol. The van der Waals surface area contributed by atoms with Gasteiger partial charge >= 0.3 is 0 Å². The number of hydrogen-bond donors (Lipinski definition) is 1. The predicted octanol–water partition coefficient (Wildman–Crippen LogP) is 1.44. The van der Waals surface area contributed by atoms with Crippen LogP contribution < -0.4 is 0 Å². The van der Waals surface area contributed by atoms with E-state index in [1.54, 1.807) is 0 Å². The fraction of sp³-hybridized carbons (Fsp3) is 0.214. The molecule has 0 bridgehead atoms. The molecule has 0 radical (unpaired) electrons. The first kappa shape index (κ1) is 12.4. The Kier molecular flexibility index (Phi) is 4.15. The van der Waals surface area contributed by atoms with E-state index in [0.29, 0.717) is 11.4 Å². The fourth-order valence-electron chi connectivity index (χ4n) is 1.62. The molecule has 1 heterocycles. The second-order valence-corrected chi connectivity index (χ2v) is 3.95. The van der Waals surface area contributed by atoms with Crippen molar-refractivity contribution < 1.29 is 9.90 Å². The molecule has 4 nitrogen and oxygen atoms in total. The van der Waals surface area contributed by atoms with Gasteiger partial charge in [0, 0.05) is 18.8 Å². The minimum atomic E-state index is -0.507. The summed E-state index contributed by atoms with van der Waals surface area (Å²) in [6.07, 6.45) is 4.53. The fourth-order valence-corrected chi connectivity index (χ4v) is 1.62. The first-order valence-corrected chi connectivity index (χ1v) is 5.78. The summed E-state index contributed by atoms with van der Waals surface area (Å²) in [5.74, 6) is 0.345. The van der Waals surface area contributed by atoms with Crippen molar-refractivity contribution in [3.63, 3.8) is 0 Å². The van der Waals surface area contributed by atoms with Gasteiger partial charge in [0.2, 0.25) is 0 Å². The van der Waals surface area contributed by atoms with Crippen molar-refractivity contribution in [2.45, 2.75) is 12.8 Å². The molecule has 0 aliphatic heterocycles. The summed E-state index contributed by atoms with van der Waals surface area (Å²) >= 11 is 0. The van der Waals surface area contributed by atoms with Crippen LogP contribution in [0, 0.1) is 0 Å². The lowest BCUT2D eigenvalue weighted by molar-refractivity contribution is 0.0903. The van der Waals surface area contributed by atoms with Crippen LogP contribution in [0.15, 0.2) is 42.7 Å². The molecule has 0 unspecified atom stereocenters. The molecule has 0 saturated carbocycles. The Balaban J connectivity index is 1.97. The lowest BCUT2D eigenvalue weighted by atomic mass is 10.1. The van der Waals surface area contributed by atoms with Crippen LogP contribution in [0.1, 0.15) is 21.7 Å². The number of aliphatic hydroxyl groups excluding tert-OH is 1. The molecule has 0 atom stereocenters. The van der Waals surface area contributed by atoms with Crippen molar-refractivity contribution in [2.24, 2.45) is 0 Å². The quantitative estimate of drug-likeness (QED) is 0.806. The molecule has 1 aromatic heterocycles. The van der Waals surface area contributed by atoms with Gasteiger partial charge in [-0.15, -0.1) is 0 Å². The highest BCUT2D eigenvalue weighted by atomic mass is 16.3. The maximum absolute atomic E-state index is 11.2. The number of benzene rings is 1. The van der Waals surface area contributed by atoms with Gasteiger partial charge < -0.3 is 5.11 Å². The molecule has 1 N–H and O–H groups in total. The van der Waals surface area contributed by atoms with Crippen LogP contribution in [0.2, 0.25) is 0 Å². The maximum atomic E-state index is 11.2. The van der Waals surface area contributed by atoms with Crippen molar-refractivity contribution in [1.82, 2.24) is 9.97 Å². The molecular weight excluding hydrogens is 228 g/mol. The van der Waals surface area contributed by atoms with Gasteiger partial charge in [0.05, 0.1) is 5.56 Å². The Hall–Kier alpha value is -2.07. The number of ketones is 1. The van der Waals surface area contributed by atoms with E-state index < -0.39 is 6.61 Å². The Labute approximate surface area is 105 Å². The van der Waals surface area contributed by atoms with Gasteiger partial charge in [0.15, 0.2) is 5.78 Å². The van der Waals surface area contributed by atoms with E-state index in [4.69, 9.17) is 5.11 Å². The van der Waals surface area contributed by atoms with Gasteiger partial charge in [0.25, 0.3) is 0 Å². The second-order valence-electron chi connectivity index (χ2n) is 3.95. The van der Waals surface area contributed by atoms with Crippen molar-refractivity contribution >= 4 is 5.78 Å². The Bertz CT molecular complexity index is 509. The van der Waals surface area contributed by atoms with Gasteiger partial charge in [-0.2, -0.15) is 0 Å². The molecule has 4 heteroatoms.